The van der Waals surface area contributed by atoms with Gasteiger partial charge in [-0.1, -0.05) is 12.1 Å². The number of nitriles is 2. The van der Waals surface area contributed by atoms with Crippen LogP contribution in [0.25, 0.3) is 0 Å². The van der Waals surface area contributed by atoms with Crippen LogP contribution < -0.4 is 0 Å². The molecule has 0 N–H and O–H groups in total. The summed E-state index contributed by atoms with van der Waals surface area (Å²) in [6.07, 6.45) is 0. The van der Waals surface area contributed by atoms with Crippen molar-refractivity contribution in [2.75, 3.05) is 5.75 Å². The van der Waals surface area contributed by atoms with Crippen LogP contribution in [-0.2, 0) is 6.54 Å². The molecule has 0 fully saturated rings. The molecule has 0 radical (unpaired) electrons. The Hall–Kier alpha value is -2.32. The Morgan fingerprint density at radius 1 is 1.33 bits per heavy atom. The van der Waals surface area contributed by atoms with E-state index >= 15 is 0 Å². The molecule has 0 bridgehead atoms. The maximum Gasteiger partial charge on any atom is 0.246 e. The zero-order chi connectivity index (χ0) is 15.4. The highest BCUT2D eigenvalue weighted by molar-refractivity contribution is 7.99. The number of aromatic nitrogens is 4. The van der Waals surface area contributed by atoms with E-state index in [0.717, 1.165) is 5.75 Å². The van der Waals surface area contributed by atoms with E-state index in [1.807, 2.05) is 19.1 Å². The molecule has 0 aliphatic carbocycles. The third-order valence-electron chi connectivity index (χ3n) is 2.93. The average molecular weight is 302 g/mol. The Bertz CT molecular complexity index is 720. The van der Waals surface area contributed by atoms with E-state index in [1.165, 1.54) is 0 Å². The minimum absolute atomic E-state index is 0.115. The van der Waals surface area contributed by atoms with Crippen LogP contribution in [0.1, 0.15) is 48.0 Å². The third kappa shape index (κ3) is 3.06. The Balaban J connectivity index is 2.26. The second kappa shape index (κ2) is 6.42. The summed E-state index contributed by atoms with van der Waals surface area (Å²) < 4.78 is 6.82. The monoisotopic (exact) mass is 302 g/mol. The van der Waals surface area contributed by atoms with Gasteiger partial charge in [0, 0.05) is 0 Å². The van der Waals surface area contributed by atoms with Crippen molar-refractivity contribution in [1.29, 1.82) is 10.5 Å². The largest absolute Gasteiger partial charge is 0.337 e. The van der Waals surface area contributed by atoms with Gasteiger partial charge in [-0.25, -0.2) is 4.98 Å². The molecule has 2 aromatic heterocycles. The van der Waals surface area contributed by atoms with Crippen LogP contribution in [-0.4, -0.2) is 25.4 Å². The third-order valence-corrected chi connectivity index (χ3v) is 3.97. The van der Waals surface area contributed by atoms with E-state index in [1.54, 1.807) is 23.3 Å². The van der Waals surface area contributed by atoms with Gasteiger partial charge in [0.2, 0.25) is 5.89 Å². The Labute approximate surface area is 126 Å². The molecule has 0 saturated heterocycles. The maximum atomic E-state index is 9.15. The van der Waals surface area contributed by atoms with Crippen LogP contribution in [0.4, 0.5) is 0 Å². The maximum absolute atomic E-state index is 9.15. The number of thioether (sulfide) groups is 1. The SMILES string of the molecule is CCSC(C)c1noc(Cn2c(C)nc(C#N)c2C#N)n1. The summed E-state index contributed by atoms with van der Waals surface area (Å²) in [4.78, 5) is 8.39. The van der Waals surface area contributed by atoms with E-state index in [9.17, 15) is 0 Å². The molecular formula is C13H14N6OS. The molecule has 0 aromatic carbocycles. The first-order valence-corrected chi connectivity index (χ1v) is 7.47. The van der Waals surface area contributed by atoms with Gasteiger partial charge >= 0.3 is 0 Å². The second-order valence-electron chi connectivity index (χ2n) is 4.31. The highest BCUT2D eigenvalue weighted by Crippen LogP contribution is 2.25. The molecule has 0 amide bonds. The lowest BCUT2D eigenvalue weighted by molar-refractivity contribution is 0.365. The first-order chi connectivity index (χ1) is 10.1. The molecule has 0 aliphatic heterocycles. The molecular weight excluding hydrogens is 288 g/mol. The van der Waals surface area contributed by atoms with Gasteiger partial charge in [0.15, 0.2) is 17.2 Å². The number of hydrogen-bond donors (Lipinski definition) is 0. The van der Waals surface area contributed by atoms with Gasteiger partial charge in [-0.05, 0) is 19.6 Å². The van der Waals surface area contributed by atoms with Gasteiger partial charge in [0.1, 0.15) is 24.5 Å². The van der Waals surface area contributed by atoms with Crippen LogP contribution in [0.5, 0.6) is 0 Å². The smallest absolute Gasteiger partial charge is 0.246 e. The molecule has 108 valence electrons. The van der Waals surface area contributed by atoms with Crippen molar-refractivity contribution in [3.63, 3.8) is 0 Å². The van der Waals surface area contributed by atoms with Gasteiger partial charge < -0.3 is 9.09 Å². The first-order valence-electron chi connectivity index (χ1n) is 6.42. The van der Waals surface area contributed by atoms with E-state index in [-0.39, 0.29) is 23.2 Å². The first kappa shape index (κ1) is 15.1. The van der Waals surface area contributed by atoms with Crippen LogP contribution in [0.15, 0.2) is 4.52 Å². The van der Waals surface area contributed by atoms with Crippen LogP contribution in [0, 0.1) is 29.6 Å². The fourth-order valence-corrected chi connectivity index (χ4v) is 2.65. The van der Waals surface area contributed by atoms with Gasteiger partial charge in [0.05, 0.1) is 5.25 Å². The lowest BCUT2D eigenvalue weighted by Crippen LogP contribution is -2.05. The van der Waals surface area contributed by atoms with Gasteiger partial charge in [-0.3, -0.25) is 0 Å². The highest BCUT2D eigenvalue weighted by Gasteiger charge is 2.18. The molecule has 7 nitrogen and oxygen atoms in total. The summed E-state index contributed by atoms with van der Waals surface area (Å²) in [7, 11) is 0. The molecule has 1 unspecified atom stereocenters. The van der Waals surface area contributed by atoms with Crippen molar-refractivity contribution in [2.24, 2.45) is 0 Å². The normalized spacial score (nSPS) is 11.9. The zero-order valence-electron chi connectivity index (χ0n) is 12.0. The summed E-state index contributed by atoms with van der Waals surface area (Å²) in [5, 5.41) is 22.2. The quantitative estimate of drug-likeness (QED) is 0.833. The lowest BCUT2D eigenvalue weighted by Gasteiger charge is -2.03. The number of aryl methyl sites for hydroxylation is 1. The average Bonchev–Trinajstić information content (AvgIpc) is 3.05. The second-order valence-corrected chi connectivity index (χ2v) is 5.93. The standard InChI is InChI=1S/C13H14N6OS/c1-4-21-8(2)13-17-12(20-18-13)7-19-9(3)16-10(5-14)11(19)6-15/h8H,4,7H2,1-3H3. The minimum Gasteiger partial charge on any atom is -0.337 e. The molecule has 0 aliphatic rings. The highest BCUT2D eigenvalue weighted by atomic mass is 32.2. The Morgan fingerprint density at radius 3 is 2.71 bits per heavy atom. The summed E-state index contributed by atoms with van der Waals surface area (Å²) >= 11 is 1.72. The summed E-state index contributed by atoms with van der Waals surface area (Å²) in [6.45, 7) is 6.05. The van der Waals surface area contributed by atoms with Crippen LogP contribution in [0.2, 0.25) is 0 Å². The van der Waals surface area contributed by atoms with Crippen molar-refractivity contribution in [3.05, 3.63) is 28.9 Å². The number of hydrogen-bond acceptors (Lipinski definition) is 7. The summed E-state index contributed by atoms with van der Waals surface area (Å²) in [5.74, 6) is 2.57. The fourth-order valence-electron chi connectivity index (χ4n) is 1.91. The Morgan fingerprint density at radius 2 is 2.10 bits per heavy atom. The van der Waals surface area contributed by atoms with Gasteiger partial charge in [-0.15, -0.1) is 0 Å². The predicted molar refractivity (Wildman–Crippen MR) is 76.3 cm³/mol. The molecule has 2 heterocycles. The summed E-state index contributed by atoms with van der Waals surface area (Å²) in [6, 6.07) is 3.90. The lowest BCUT2D eigenvalue weighted by atomic mass is 10.3. The van der Waals surface area contributed by atoms with Crippen molar-refractivity contribution < 1.29 is 4.52 Å². The minimum atomic E-state index is 0.115. The van der Waals surface area contributed by atoms with Gasteiger partial charge in [0.25, 0.3) is 0 Å². The van der Waals surface area contributed by atoms with Crippen LogP contribution in [0.3, 0.4) is 0 Å². The molecule has 1 atom stereocenters. The van der Waals surface area contributed by atoms with Crippen molar-refractivity contribution in [1.82, 2.24) is 19.7 Å². The van der Waals surface area contributed by atoms with Crippen molar-refractivity contribution in [2.45, 2.75) is 32.6 Å². The van der Waals surface area contributed by atoms with Crippen LogP contribution >= 0.6 is 11.8 Å². The fraction of sp³-hybridized carbons (Fsp3) is 0.462. The molecule has 2 rings (SSSR count). The molecule has 0 saturated carbocycles. The number of rotatable bonds is 5. The molecule has 21 heavy (non-hydrogen) atoms. The number of nitrogens with zero attached hydrogens (tertiary/aromatic N) is 6. The van der Waals surface area contributed by atoms with E-state index in [0.29, 0.717) is 17.5 Å². The van der Waals surface area contributed by atoms with Crippen molar-refractivity contribution >= 4 is 11.8 Å². The van der Waals surface area contributed by atoms with E-state index in [4.69, 9.17) is 15.0 Å². The Kier molecular flexibility index (Phi) is 4.61. The topological polar surface area (TPSA) is 104 Å². The summed E-state index contributed by atoms with van der Waals surface area (Å²) in [5.41, 5.74) is 0.329. The zero-order valence-corrected chi connectivity index (χ0v) is 12.8. The van der Waals surface area contributed by atoms with E-state index < -0.39 is 0 Å². The predicted octanol–water partition coefficient (Wildman–Crippen LogP) is 2.18. The molecule has 8 heteroatoms. The molecule has 2 aromatic rings. The van der Waals surface area contributed by atoms with Gasteiger partial charge in [-0.2, -0.15) is 27.3 Å². The van der Waals surface area contributed by atoms with E-state index in [2.05, 4.69) is 22.0 Å². The van der Waals surface area contributed by atoms with Crippen molar-refractivity contribution in [3.8, 4) is 12.1 Å². The molecule has 0 spiro atoms. The number of imidazole rings is 1.